The van der Waals surface area contributed by atoms with E-state index in [4.69, 9.17) is 4.74 Å². The maximum absolute atomic E-state index is 12.3. The van der Waals surface area contributed by atoms with Gasteiger partial charge in [0, 0.05) is 6.07 Å². The van der Waals surface area contributed by atoms with Gasteiger partial charge in [0.1, 0.15) is 17.1 Å². The number of carbonyl (C=O) groups is 2. The molecular formula is C15H16O4. The molecule has 1 aromatic rings. The molecule has 1 heterocycles. The predicted molar refractivity (Wildman–Crippen MR) is 68.9 cm³/mol. The average Bonchev–Trinajstić information content (AvgIpc) is 2.75. The van der Waals surface area contributed by atoms with Crippen LogP contribution in [-0.4, -0.2) is 22.3 Å². The Kier molecular flexibility index (Phi) is 2.62. The van der Waals surface area contributed by atoms with Gasteiger partial charge in [-0.1, -0.05) is 0 Å². The number of benzene rings is 1. The van der Waals surface area contributed by atoms with Gasteiger partial charge >= 0.3 is 0 Å². The number of aromatic hydroxyl groups is 1. The third kappa shape index (κ3) is 1.91. The van der Waals surface area contributed by atoms with Crippen molar-refractivity contribution in [3.05, 3.63) is 23.3 Å². The molecule has 19 heavy (non-hydrogen) atoms. The maximum atomic E-state index is 12.3. The standard InChI is InChI=1S/C15H16O4/c1-9(16)10-6-11-13(18)8-15(4-2-3-5-15)19-14(11)7-12(10)17/h6-7,17H,2-5,8H2,1H3. The molecule has 2 aliphatic rings. The summed E-state index contributed by atoms with van der Waals surface area (Å²) in [5.41, 5.74) is 0.215. The summed E-state index contributed by atoms with van der Waals surface area (Å²) in [6.07, 6.45) is 4.28. The molecule has 1 aliphatic carbocycles. The van der Waals surface area contributed by atoms with E-state index in [1.807, 2.05) is 0 Å². The summed E-state index contributed by atoms with van der Waals surface area (Å²) >= 11 is 0. The van der Waals surface area contributed by atoms with E-state index in [9.17, 15) is 14.7 Å². The van der Waals surface area contributed by atoms with Gasteiger partial charge in [-0.3, -0.25) is 9.59 Å². The minimum absolute atomic E-state index is 0.00523. The number of carbonyl (C=O) groups excluding carboxylic acids is 2. The third-order valence-corrected chi connectivity index (χ3v) is 4.10. The molecule has 0 saturated heterocycles. The summed E-state index contributed by atoms with van der Waals surface area (Å²) in [6, 6.07) is 2.86. The monoisotopic (exact) mass is 260 g/mol. The highest BCUT2D eigenvalue weighted by molar-refractivity contribution is 6.05. The molecule has 0 unspecified atom stereocenters. The van der Waals surface area contributed by atoms with Gasteiger partial charge in [-0.15, -0.1) is 0 Å². The minimum atomic E-state index is -0.381. The van der Waals surface area contributed by atoms with E-state index >= 15 is 0 Å². The maximum Gasteiger partial charge on any atom is 0.170 e. The van der Waals surface area contributed by atoms with Crippen LogP contribution in [0.5, 0.6) is 11.5 Å². The molecule has 0 bridgehead atoms. The van der Waals surface area contributed by atoms with Crippen molar-refractivity contribution >= 4 is 11.6 Å². The number of phenols is 1. The van der Waals surface area contributed by atoms with Gasteiger partial charge in [0.2, 0.25) is 0 Å². The van der Waals surface area contributed by atoms with Crippen LogP contribution in [-0.2, 0) is 0 Å². The quantitative estimate of drug-likeness (QED) is 0.788. The first kappa shape index (κ1) is 12.2. The Labute approximate surface area is 111 Å². The van der Waals surface area contributed by atoms with E-state index in [0.29, 0.717) is 17.7 Å². The van der Waals surface area contributed by atoms with Gasteiger partial charge < -0.3 is 9.84 Å². The number of hydrogen-bond donors (Lipinski definition) is 1. The number of fused-ring (bicyclic) bond motifs is 1. The number of hydrogen-bond acceptors (Lipinski definition) is 4. The molecule has 1 saturated carbocycles. The molecule has 1 aliphatic heterocycles. The molecule has 0 aromatic heterocycles. The lowest BCUT2D eigenvalue weighted by atomic mass is 9.87. The SMILES string of the molecule is CC(=O)c1cc2c(cc1O)OC1(CCCC1)CC2=O. The summed E-state index contributed by atoms with van der Waals surface area (Å²) in [5, 5.41) is 9.84. The Morgan fingerprint density at radius 2 is 2.00 bits per heavy atom. The Morgan fingerprint density at radius 1 is 1.32 bits per heavy atom. The number of rotatable bonds is 1. The largest absolute Gasteiger partial charge is 0.507 e. The molecule has 0 radical (unpaired) electrons. The molecule has 1 fully saturated rings. The topological polar surface area (TPSA) is 63.6 Å². The summed E-state index contributed by atoms with van der Waals surface area (Å²) < 4.78 is 5.97. The van der Waals surface area contributed by atoms with E-state index in [1.165, 1.54) is 19.1 Å². The van der Waals surface area contributed by atoms with Gasteiger partial charge in [-0.25, -0.2) is 0 Å². The summed E-state index contributed by atoms with van der Waals surface area (Å²) in [7, 11) is 0. The van der Waals surface area contributed by atoms with Crippen LogP contribution in [0, 0.1) is 0 Å². The second kappa shape index (κ2) is 4.08. The van der Waals surface area contributed by atoms with Crippen LogP contribution in [0.4, 0.5) is 0 Å². The lowest BCUT2D eigenvalue weighted by Gasteiger charge is -2.34. The molecule has 0 amide bonds. The first-order valence-corrected chi connectivity index (χ1v) is 6.61. The van der Waals surface area contributed by atoms with Crippen LogP contribution in [0.2, 0.25) is 0 Å². The smallest absolute Gasteiger partial charge is 0.170 e. The fourth-order valence-corrected chi connectivity index (χ4v) is 3.11. The van der Waals surface area contributed by atoms with Gasteiger partial charge in [0.05, 0.1) is 17.5 Å². The Hall–Kier alpha value is -1.84. The van der Waals surface area contributed by atoms with E-state index < -0.39 is 0 Å². The second-order valence-electron chi connectivity index (χ2n) is 5.51. The molecule has 1 aromatic carbocycles. The number of Topliss-reactive ketones (excluding diaryl/α,β-unsaturated/α-hetero) is 2. The van der Waals surface area contributed by atoms with E-state index in [1.54, 1.807) is 0 Å². The molecule has 3 rings (SSSR count). The van der Waals surface area contributed by atoms with Crippen LogP contribution >= 0.6 is 0 Å². The summed E-state index contributed by atoms with van der Waals surface area (Å²) in [6.45, 7) is 1.37. The van der Waals surface area contributed by atoms with Crippen LogP contribution in [0.1, 0.15) is 59.7 Å². The van der Waals surface area contributed by atoms with Crippen LogP contribution in [0.3, 0.4) is 0 Å². The highest BCUT2D eigenvalue weighted by Crippen LogP contribution is 2.44. The average molecular weight is 260 g/mol. The van der Waals surface area contributed by atoms with Crippen LogP contribution in [0.15, 0.2) is 12.1 Å². The van der Waals surface area contributed by atoms with Crippen LogP contribution < -0.4 is 4.74 Å². The number of ketones is 2. The van der Waals surface area contributed by atoms with Gasteiger partial charge in [-0.2, -0.15) is 0 Å². The zero-order valence-corrected chi connectivity index (χ0v) is 10.9. The molecule has 1 N–H and O–H groups in total. The first-order chi connectivity index (χ1) is 9.01. The third-order valence-electron chi connectivity index (χ3n) is 4.10. The Balaban J connectivity index is 2.07. The second-order valence-corrected chi connectivity index (χ2v) is 5.51. The zero-order chi connectivity index (χ0) is 13.6. The van der Waals surface area contributed by atoms with Crippen molar-refractivity contribution in [1.29, 1.82) is 0 Å². The summed E-state index contributed by atoms with van der Waals surface area (Å²) in [4.78, 5) is 23.7. The predicted octanol–water partition coefficient (Wildman–Crippen LogP) is 2.87. The molecular weight excluding hydrogens is 244 g/mol. The van der Waals surface area contributed by atoms with Crippen molar-refractivity contribution in [3.63, 3.8) is 0 Å². The van der Waals surface area contributed by atoms with E-state index in [-0.39, 0.29) is 28.5 Å². The molecule has 4 nitrogen and oxygen atoms in total. The Morgan fingerprint density at radius 3 is 2.63 bits per heavy atom. The molecule has 1 spiro atoms. The van der Waals surface area contributed by atoms with E-state index in [0.717, 1.165) is 25.7 Å². The van der Waals surface area contributed by atoms with Crippen molar-refractivity contribution in [1.82, 2.24) is 0 Å². The highest BCUT2D eigenvalue weighted by atomic mass is 16.5. The van der Waals surface area contributed by atoms with Crippen molar-refractivity contribution in [2.45, 2.75) is 44.6 Å². The van der Waals surface area contributed by atoms with E-state index in [2.05, 4.69) is 0 Å². The summed E-state index contributed by atoms with van der Waals surface area (Å²) in [5.74, 6) is 0.0506. The van der Waals surface area contributed by atoms with Crippen molar-refractivity contribution in [3.8, 4) is 11.5 Å². The minimum Gasteiger partial charge on any atom is -0.507 e. The lowest BCUT2D eigenvalue weighted by Crippen LogP contribution is -2.39. The van der Waals surface area contributed by atoms with Gasteiger partial charge in [0.15, 0.2) is 11.6 Å². The molecule has 0 atom stereocenters. The van der Waals surface area contributed by atoms with Gasteiger partial charge in [0.25, 0.3) is 0 Å². The highest BCUT2D eigenvalue weighted by Gasteiger charge is 2.43. The lowest BCUT2D eigenvalue weighted by molar-refractivity contribution is 0.0449. The van der Waals surface area contributed by atoms with Crippen molar-refractivity contribution in [2.24, 2.45) is 0 Å². The molecule has 100 valence electrons. The van der Waals surface area contributed by atoms with Crippen LogP contribution in [0.25, 0.3) is 0 Å². The normalized spacial score (nSPS) is 20.2. The fraction of sp³-hybridized carbons (Fsp3) is 0.467. The number of phenolic OH excluding ortho intramolecular Hbond substituents is 1. The van der Waals surface area contributed by atoms with Crippen molar-refractivity contribution < 1.29 is 19.4 Å². The fourth-order valence-electron chi connectivity index (χ4n) is 3.11. The molecule has 4 heteroatoms. The van der Waals surface area contributed by atoms with Gasteiger partial charge in [-0.05, 0) is 38.7 Å². The first-order valence-electron chi connectivity index (χ1n) is 6.61. The zero-order valence-electron chi connectivity index (χ0n) is 10.9. The number of ether oxygens (including phenoxy) is 1. The van der Waals surface area contributed by atoms with Crippen molar-refractivity contribution in [2.75, 3.05) is 0 Å². The Bertz CT molecular complexity index is 568.